The van der Waals surface area contributed by atoms with E-state index in [2.05, 4.69) is 24.1 Å². The minimum absolute atomic E-state index is 0.0221. The third kappa shape index (κ3) is 3.65. The van der Waals surface area contributed by atoms with Gasteiger partial charge >= 0.3 is 6.09 Å². The predicted molar refractivity (Wildman–Crippen MR) is 133 cm³/mol. The van der Waals surface area contributed by atoms with Crippen molar-refractivity contribution in [1.29, 1.82) is 0 Å². The summed E-state index contributed by atoms with van der Waals surface area (Å²) < 4.78 is 6.18. The molecule has 0 spiro atoms. The number of fused-ring (bicyclic) bond motifs is 5. The van der Waals surface area contributed by atoms with Crippen LogP contribution in [-0.2, 0) is 15.1 Å². The molecule has 1 aromatic carbocycles. The Labute approximate surface area is 205 Å². The molecule has 3 saturated carbocycles. The quantitative estimate of drug-likeness (QED) is 0.605. The van der Waals surface area contributed by atoms with Crippen LogP contribution in [0.15, 0.2) is 30.3 Å². The van der Waals surface area contributed by atoms with Crippen LogP contribution < -0.4 is 5.32 Å². The first kappa shape index (κ1) is 23.7. The number of hydrogen-bond donors (Lipinski definition) is 1. The van der Waals surface area contributed by atoms with Gasteiger partial charge in [-0.15, -0.1) is 0 Å². The van der Waals surface area contributed by atoms with Gasteiger partial charge in [0.1, 0.15) is 6.10 Å². The Hall–Kier alpha value is -2.04. The van der Waals surface area contributed by atoms with E-state index in [1.54, 1.807) is 0 Å². The molecule has 2 amide bonds. The second-order valence-corrected chi connectivity index (χ2v) is 12.6. The topological polar surface area (TPSA) is 58.6 Å². The molecule has 3 aliphatic carbocycles. The Morgan fingerprint density at radius 3 is 2.44 bits per heavy atom. The lowest BCUT2D eigenvalue weighted by Gasteiger charge is -2.61. The van der Waals surface area contributed by atoms with Crippen molar-refractivity contribution in [1.82, 2.24) is 10.2 Å². The van der Waals surface area contributed by atoms with Crippen LogP contribution >= 0.6 is 0 Å². The van der Waals surface area contributed by atoms with Crippen LogP contribution in [0.3, 0.4) is 0 Å². The van der Waals surface area contributed by atoms with Gasteiger partial charge in [-0.05, 0) is 87.5 Å². The maximum absolute atomic E-state index is 13.0. The molecule has 1 N–H and O–H groups in total. The highest BCUT2D eigenvalue weighted by atomic mass is 16.6. The fourth-order valence-corrected chi connectivity index (χ4v) is 8.64. The van der Waals surface area contributed by atoms with Crippen molar-refractivity contribution in [2.24, 2.45) is 28.6 Å². The Morgan fingerprint density at radius 1 is 1.00 bits per heavy atom. The summed E-state index contributed by atoms with van der Waals surface area (Å²) in [4.78, 5) is 27.5. The van der Waals surface area contributed by atoms with Gasteiger partial charge < -0.3 is 15.0 Å². The Bertz CT molecular complexity index is 946. The van der Waals surface area contributed by atoms with Gasteiger partial charge in [-0.25, -0.2) is 4.79 Å². The van der Waals surface area contributed by atoms with E-state index in [1.165, 1.54) is 12.8 Å². The van der Waals surface area contributed by atoms with Gasteiger partial charge in [-0.2, -0.15) is 0 Å². The second-order valence-electron chi connectivity index (χ2n) is 12.6. The molecule has 1 aliphatic heterocycles. The van der Waals surface area contributed by atoms with Crippen molar-refractivity contribution in [3.05, 3.63) is 35.9 Å². The number of alkyl carbamates (subject to hydrolysis) is 1. The number of benzene rings is 1. The molecule has 0 radical (unpaired) electrons. The largest absolute Gasteiger partial charge is 0.446 e. The number of carbonyl (C=O) groups excluding carboxylic acids is 2. The van der Waals surface area contributed by atoms with Crippen LogP contribution in [0.5, 0.6) is 0 Å². The van der Waals surface area contributed by atoms with Crippen molar-refractivity contribution in [3.63, 3.8) is 0 Å². The maximum atomic E-state index is 13.0. The molecule has 1 saturated heterocycles. The molecular formula is C29H42N2O3. The van der Waals surface area contributed by atoms with Crippen molar-refractivity contribution >= 4 is 12.0 Å². The Morgan fingerprint density at radius 2 is 1.71 bits per heavy atom. The summed E-state index contributed by atoms with van der Waals surface area (Å²) in [6.45, 7) is 8.90. The number of likely N-dealkylation sites (tertiary alicyclic amines) is 1. The van der Waals surface area contributed by atoms with Crippen LogP contribution in [0, 0.1) is 28.6 Å². The van der Waals surface area contributed by atoms with Crippen molar-refractivity contribution in [2.75, 3.05) is 7.05 Å². The van der Waals surface area contributed by atoms with Crippen molar-refractivity contribution in [2.45, 2.75) is 96.7 Å². The molecule has 0 bridgehead atoms. The van der Waals surface area contributed by atoms with E-state index in [0.717, 1.165) is 37.7 Å². The number of piperidine rings is 1. The van der Waals surface area contributed by atoms with E-state index in [-0.39, 0.29) is 23.0 Å². The van der Waals surface area contributed by atoms with Crippen molar-refractivity contribution in [3.8, 4) is 0 Å². The Balaban J connectivity index is 1.28. The highest BCUT2D eigenvalue weighted by Crippen LogP contribution is 2.65. The molecule has 1 heterocycles. The molecule has 4 fully saturated rings. The number of ether oxygens (including phenoxy) is 1. The second kappa shape index (κ2) is 8.27. The number of rotatable bonds is 3. The number of nitrogens with one attached hydrogen (secondary N) is 1. The minimum Gasteiger partial charge on any atom is -0.446 e. The number of carbonyl (C=O) groups is 2. The molecule has 5 heteroatoms. The number of hydrogen-bond acceptors (Lipinski definition) is 3. The zero-order chi connectivity index (χ0) is 24.3. The smallest absolute Gasteiger partial charge is 0.408 e. The predicted octanol–water partition coefficient (Wildman–Crippen LogP) is 5.88. The summed E-state index contributed by atoms with van der Waals surface area (Å²) in [5.41, 5.74) is 0.869. The lowest BCUT2D eigenvalue weighted by Crippen LogP contribution is -2.61. The lowest BCUT2D eigenvalue weighted by molar-refractivity contribution is -0.159. The SMILES string of the molecule is CN1C(=O)CC[C@]2(C)[C@H]3CC[C@]4(C)[C@@H](OC(=O)NC(C)(C)c5ccccc5)CC[C@H]4[C@@H]3CC[C@@H]12. The summed E-state index contributed by atoms with van der Waals surface area (Å²) in [6.07, 6.45) is 8.11. The molecule has 186 valence electrons. The van der Waals surface area contributed by atoms with Gasteiger partial charge in [0.2, 0.25) is 5.91 Å². The minimum atomic E-state index is -0.480. The fraction of sp³-hybridized carbons (Fsp3) is 0.724. The molecule has 7 atom stereocenters. The van der Waals surface area contributed by atoms with Gasteiger partial charge in [0, 0.05) is 24.9 Å². The summed E-state index contributed by atoms with van der Waals surface area (Å²) in [7, 11) is 2.02. The summed E-state index contributed by atoms with van der Waals surface area (Å²) in [6, 6.07) is 10.5. The van der Waals surface area contributed by atoms with E-state index < -0.39 is 5.54 Å². The average Bonchev–Trinajstić information content (AvgIpc) is 3.13. The zero-order valence-electron chi connectivity index (χ0n) is 21.6. The number of nitrogens with zero attached hydrogens (tertiary/aromatic N) is 1. The monoisotopic (exact) mass is 466 g/mol. The zero-order valence-corrected chi connectivity index (χ0v) is 21.6. The first-order valence-corrected chi connectivity index (χ1v) is 13.4. The normalized spacial score (nSPS) is 39.6. The first-order valence-electron chi connectivity index (χ1n) is 13.4. The average molecular weight is 467 g/mol. The molecule has 0 unspecified atom stereocenters. The van der Waals surface area contributed by atoms with Crippen LogP contribution in [-0.4, -0.2) is 36.1 Å². The maximum Gasteiger partial charge on any atom is 0.408 e. The van der Waals surface area contributed by atoms with Crippen molar-refractivity contribution < 1.29 is 14.3 Å². The summed E-state index contributed by atoms with van der Waals surface area (Å²) in [5, 5.41) is 3.12. The summed E-state index contributed by atoms with van der Waals surface area (Å²) >= 11 is 0. The lowest BCUT2D eigenvalue weighted by atomic mass is 9.47. The van der Waals surface area contributed by atoms with Gasteiger partial charge in [-0.1, -0.05) is 44.2 Å². The van der Waals surface area contributed by atoms with E-state index >= 15 is 0 Å². The van der Waals surface area contributed by atoms with E-state index in [0.29, 0.717) is 36.1 Å². The van der Waals surface area contributed by atoms with Crippen LogP contribution in [0.1, 0.15) is 84.6 Å². The van der Waals surface area contributed by atoms with E-state index in [4.69, 9.17) is 4.74 Å². The molecule has 1 aromatic rings. The van der Waals surface area contributed by atoms with Gasteiger partial charge in [0.15, 0.2) is 0 Å². The van der Waals surface area contributed by atoms with E-state index in [1.807, 2.05) is 51.2 Å². The standard InChI is InChI=1S/C29H42N2O3/c1-27(2,19-9-7-6-8-10-19)30-26(33)34-24-14-12-21-20-11-13-23-28(3,18-16-25(32)31(23)5)22(20)15-17-29(21,24)4/h6-10,20-24H,11-18H2,1-5H3,(H,30,33)/t20-,21-,22-,23+,24-,28+,29-/m0/s1. The molecule has 5 rings (SSSR count). The molecule has 4 aliphatic rings. The van der Waals surface area contributed by atoms with Gasteiger partial charge in [0.25, 0.3) is 0 Å². The molecule has 0 aromatic heterocycles. The highest BCUT2D eigenvalue weighted by Gasteiger charge is 2.62. The number of amides is 2. The van der Waals surface area contributed by atoms with Crippen LogP contribution in [0.2, 0.25) is 0 Å². The molecule has 5 nitrogen and oxygen atoms in total. The fourth-order valence-electron chi connectivity index (χ4n) is 8.64. The molecule has 34 heavy (non-hydrogen) atoms. The van der Waals surface area contributed by atoms with E-state index in [9.17, 15) is 9.59 Å². The summed E-state index contributed by atoms with van der Waals surface area (Å²) in [5.74, 6) is 2.27. The Kier molecular flexibility index (Phi) is 5.76. The third-order valence-corrected chi connectivity index (χ3v) is 10.6. The highest BCUT2D eigenvalue weighted by molar-refractivity contribution is 5.77. The first-order chi connectivity index (χ1) is 16.1. The van der Waals surface area contributed by atoms with Gasteiger partial charge in [-0.3, -0.25) is 4.79 Å². The van der Waals surface area contributed by atoms with Crippen LogP contribution in [0.4, 0.5) is 4.79 Å². The van der Waals surface area contributed by atoms with Gasteiger partial charge in [0.05, 0.1) is 5.54 Å². The molecular weight excluding hydrogens is 424 g/mol. The third-order valence-electron chi connectivity index (χ3n) is 10.6. The van der Waals surface area contributed by atoms with Crippen LogP contribution in [0.25, 0.3) is 0 Å².